The molecule has 52 heavy (non-hydrogen) atoms. The number of carbonyl (C=O) groups is 2. The van der Waals surface area contributed by atoms with E-state index < -0.39 is 94.1 Å². The number of carbonyl (C=O) groups excluding carboxylic acids is 2. The van der Waals surface area contributed by atoms with Crippen molar-refractivity contribution in [3.05, 3.63) is 0 Å². The van der Waals surface area contributed by atoms with Gasteiger partial charge in [-0.15, -0.1) is 4.72 Å². The molecule has 3 fully saturated rings. The number of methoxy groups -OCH3 is 1. The molecular formula is C37H70N4O10S. The Labute approximate surface area is 315 Å². The Bertz CT molecular complexity index is 1200. The van der Waals surface area contributed by atoms with Crippen molar-refractivity contribution in [2.45, 2.75) is 173 Å². The second kappa shape index (κ2) is 17.9. The van der Waals surface area contributed by atoms with Crippen molar-refractivity contribution in [2.75, 3.05) is 34.8 Å². The maximum absolute atomic E-state index is 14.3. The normalized spacial score (nSPS) is 43.4. The molecule has 0 saturated carbocycles. The molecule has 14 nitrogen and oxygen atoms in total. The summed E-state index contributed by atoms with van der Waals surface area (Å²) in [5.74, 6) is -3.16. The smallest absolute Gasteiger partial charge is 0.316 e. The van der Waals surface area contributed by atoms with Crippen LogP contribution in [0, 0.1) is 17.8 Å². The monoisotopic (exact) mass is 762 g/mol. The van der Waals surface area contributed by atoms with Gasteiger partial charge in [-0.25, -0.2) is 0 Å². The predicted octanol–water partition coefficient (Wildman–Crippen LogP) is 2.17. The first-order valence-corrected chi connectivity index (χ1v) is 20.0. The number of aliphatic hydroxyl groups excluding tert-OH is 2. The third-order valence-corrected chi connectivity index (χ3v) is 13.4. The standard InChI is InChI=1S/C37H70N4O10S/c1-16-27-37(11)30(38-34(45)51-37)24(6)41(14)19-20(2)18-36(10,47-15)31(21(3)28(42)22(4)32(44)49-27)50-33-29(43)25(40(12)13)17-26(48-33)23(5)39-52(46)35(7,8)9/h20-27,29-31,33-34,38-39,43,45H,16-19H2,1-15H3/t20-,21+,22?,23?,24-,25?,26+,27-,29-,30-,31-,33+,34?,36-,37-,52+/m1/s1. The van der Waals surface area contributed by atoms with Gasteiger partial charge in [-0.2, -0.15) is 0 Å². The van der Waals surface area contributed by atoms with E-state index in [1.165, 1.54) is 6.92 Å². The lowest BCUT2D eigenvalue weighted by molar-refractivity contribution is -0.299. The third kappa shape index (κ3) is 10.1. The van der Waals surface area contributed by atoms with Crippen molar-refractivity contribution in [3.8, 4) is 0 Å². The molecule has 304 valence electrons. The molecule has 0 bridgehead atoms. The summed E-state index contributed by atoms with van der Waals surface area (Å²) >= 11 is -1.37. The molecule has 0 amide bonds. The first-order chi connectivity index (χ1) is 23.9. The number of hydrogen-bond acceptors (Lipinski definition) is 14. The van der Waals surface area contributed by atoms with E-state index in [0.29, 0.717) is 25.8 Å². The summed E-state index contributed by atoms with van der Waals surface area (Å²) in [6.07, 6.45) is -4.41. The van der Waals surface area contributed by atoms with E-state index in [1.807, 2.05) is 81.4 Å². The van der Waals surface area contributed by atoms with Crippen LogP contribution in [-0.2, 0) is 44.6 Å². The van der Waals surface area contributed by atoms with Crippen LogP contribution in [0.2, 0.25) is 0 Å². The topological polar surface area (TPSA) is 174 Å². The Morgan fingerprint density at radius 2 is 1.79 bits per heavy atom. The number of hydrogen-bond donors (Lipinski definition) is 4. The molecule has 0 radical (unpaired) electrons. The van der Waals surface area contributed by atoms with Gasteiger partial charge < -0.3 is 48.2 Å². The molecule has 0 aromatic carbocycles. The average Bonchev–Trinajstić information content (AvgIpc) is 3.37. The van der Waals surface area contributed by atoms with Gasteiger partial charge in [0.1, 0.15) is 28.5 Å². The zero-order valence-electron chi connectivity index (χ0n) is 34.3. The quantitative estimate of drug-likeness (QED) is 0.161. The molecule has 0 spiro atoms. The summed E-state index contributed by atoms with van der Waals surface area (Å²) in [7, 11) is 7.33. The summed E-state index contributed by atoms with van der Waals surface area (Å²) in [6.45, 7) is 21.2. The van der Waals surface area contributed by atoms with Crippen LogP contribution in [0.5, 0.6) is 0 Å². The number of likely N-dealkylation sites (N-methyl/N-ethyl adjacent to an activating group) is 2. The van der Waals surface area contributed by atoms with E-state index in [2.05, 4.69) is 21.9 Å². The zero-order chi connectivity index (χ0) is 39.7. The maximum Gasteiger partial charge on any atom is 0.316 e. The fraction of sp³-hybridized carbons (Fsp3) is 0.946. The molecular weight excluding hydrogens is 692 g/mol. The fourth-order valence-corrected chi connectivity index (χ4v) is 9.07. The lowest BCUT2D eigenvalue weighted by Gasteiger charge is -2.48. The number of cyclic esters (lactones) is 1. The summed E-state index contributed by atoms with van der Waals surface area (Å²) in [5.41, 5.74) is -2.16. The van der Waals surface area contributed by atoms with Gasteiger partial charge in [0, 0.05) is 43.0 Å². The zero-order valence-corrected chi connectivity index (χ0v) is 35.1. The molecule has 3 aliphatic rings. The van der Waals surface area contributed by atoms with Gasteiger partial charge in [0.2, 0.25) is 6.41 Å². The highest BCUT2D eigenvalue weighted by molar-refractivity contribution is 7.90. The molecule has 15 heteroatoms. The summed E-state index contributed by atoms with van der Waals surface area (Å²) < 4.78 is 47.4. The summed E-state index contributed by atoms with van der Waals surface area (Å²) in [5, 5.41) is 25.4. The minimum Gasteiger partial charge on any atom is -0.598 e. The summed E-state index contributed by atoms with van der Waals surface area (Å²) in [4.78, 5) is 32.2. The van der Waals surface area contributed by atoms with Crippen molar-refractivity contribution >= 4 is 23.1 Å². The Balaban J connectivity index is 2.06. The summed E-state index contributed by atoms with van der Waals surface area (Å²) in [6, 6.07) is -1.29. The van der Waals surface area contributed by atoms with Gasteiger partial charge >= 0.3 is 5.97 Å². The van der Waals surface area contributed by atoms with Gasteiger partial charge in [0.15, 0.2) is 12.1 Å². The number of Topliss-reactive ketones (excluding diaryl/α,β-unsaturated/α-hetero) is 1. The molecule has 0 aromatic heterocycles. The van der Waals surface area contributed by atoms with Crippen molar-refractivity contribution in [1.82, 2.24) is 19.8 Å². The lowest BCUT2D eigenvalue weighted by Crippen LogP contribution is -2.62. The second-order valence-corrected chi connectivity index (χ2v) is 19.2. The van der Waals surface area contributed by atoms with E-state index in [0.717, 1.165) is 0 Å². The number of aliphatic hydroxyl groups is 2. The highest BCUT2D eigenvalue weighted by Crippen LogP contribution is 2.39. The second-order valence-electron chi connectivity index (χ2n) is 17.2. The third-order valence-electron chi connectivity index (χ3n) is 11.7. The van der Waals surface area contributed by atoms with E-state index in [-0.39, 0.29) is 24.0 Å². The van der Waals surface area contributed by atoms with Gasteiger partial charge in [0.25, 0.3) is 0 Å². The van der Waals surface area contributed by atoms with E-state index in [9.17, 15) is 24.4 Å². The number of ether oxygens (including phenoxy) is 5. The number of rotatable bonds is 8. The number of ketones is 1. The molecule has 3 rings (SSSR count). The van der Waals surface area contributed by atoms with Crippen LogP contribution >= 0.6 is 0 Å². The van der Waals surface area contributed by atoms with Gasteiger partial charge in [-0.05, 0) is 102 Å². The van der Waals surface area contributed by atoms with E-state index in [1.54, 1.807) is 14.0 Å². The van der Waals surface area contributed by atoms with Crippen molar-refractivity contribution in [2.24, 2.45) is 17.8 Å². The minimum absolute atomic E-state index is 0.0165. The van der Waals surface area contributed by atoms with Crippen LogP contribution in [0.25, 0.3) is 0 Å². The van der Waals surface area contributed by atoms with Gasteiger partial charge in [-0.1, -0.05) is 20.8 Å². The van der Waals surface area contributed by atoms with Crippen LogP contribution in [0.15, 0.2) is 0 Å². The molecule has 3 heterocycles. The maximum atomic E-state index is 14.3. The Morgan fingerprint density at radius 3 is 2.33 bits per heavy atom. The van der Waals surface area contributed by atoms with Crippen LogP contribution < -0.4 is 10.0 Å². The number of fused-ring (bicyclic) bond motifs is 1. The lowest BCUT2D eigenvalue weighted by atomic mass is 9.78. The van der Waals surface area contributed by atoms with Crippen LogP contribution in [0.1, 0.15) is 95.4 Å². The SMILES string of the molecule is CC[C@H]1OC(=O)C(C)C(=O)[C@H](C)[C@@H](O[C@@H]2O[C@H](C(C)N[S@@+]([O-])C(C)(C)C)CC(N(C)C)[C@H]2O)[C@](C)(OC)C[C@@H](C)CN(C)[C@H](C)[C@H]2NC(O)O[C@@]21C. The molecule has 4 unspecified atom stereocenters. The highest BCUT2D eigenvalue weighted by Gasteiger charge is 2.55. The van der Waals surface area contributed by atoms with Crippen LogP contribution in [-0.4, -0.2) is 148 Å². The van der Waals surface area contributed by atoms with Gasteiger partial charge in [0.05, 0.1) is 29.9 Å². The number of nitrogens with one attached hydrogen (secondary N) is 2. The Kier molecular flexibility index (Phi) is 15.6. The van der Waals surface area contributed by atoms with Crippen molar-refractivity contribution in [3.63, 3.8) is 0 Å². The number of esters is 1. The Hall–Kier alpha value is -0.950. The van der Waals surface area contributed by atoms with Crippen LogP contribution in [0.4, 0.5) is 0 Å². The van der Waals surface area contributed by atoms with Crippen molar-refractivity contribution < 1.29 is 48.0 Å². The first-order valence-electron chi connectivity index (χ1n) is 18.9. The van der Waals surface area contributed by atoms with Crippen molar-refractivity contribution in [1.29, 1.82) is 0 Å². The fourth-order valence-electron chi connectivity index (χ4n) is 8.23. The molecule has 0 aliphatic carbocycles. The minimum atomic E-state index is -1.37. The van der Waals surface area contributed by atoms with E-state index >= 15 is 0 Å². The Morgan fingerprint density at radius 1 is 1.17 bits per heavy atom. The number of nitrogens with zero attached hydrogens (tertiary/aromatic N) is 2. The first kappa shape index (κ1) is 45.4. The molecule has 4 N–H and O–H groups in total. The largest absolute Gasteiger partial charge is 0.598 e. The molecule has 3 saturated heterocycles. The van der Waals surface area contributed by atoms with Gasteiger partial charge in [-0.3, -0.25) is 14.9 Å². The molecule has 3 aliphatic heterocycles. The highest BCUT2D eigenvalue weighted by atomic mass is 32.2. The van der Waals surface area contributed by atoms with E-state index in [4.69, 9.17) is 23.7 Å². The van der Waals surface area contributed by atoms with Crippen LogP contribution in [0.3, 0.4) is 0 Å². The average molecular weight is 763 g/mol. The predicted molar refractivity (Wildman–Crippen MR) is 199 cm³/mol. The molecule has 0 aromatic rings. The molecule has 16 atom stereocenters.